The minimum atomic E-state index is -2.95. The number of hydrogen-bond acceptors (Lipinski definition) is 2. The summed E-state index contributed by atoms with van der Waals surface area (Å²) in [5.74, 6) is -0.394. The van der Waals surface area contributed by atoms with Gasteiger partial charge in [-0.25, -0.2) is 0 Å². The lowest BCUT2D eigenvalue weighted by molar-refractivity contribution is -0.130. The largest absolute Gasteiger partial charge is 0.434 e. The van der Waals surface area contributed by atoms with Crippen molar-refractivity contribution in [3.05, 3.63) is 29.8 Å². The fourth-order valence-corrected chi connectivity index (χ4v) is 2.04. The third-order valence-corrected chi connectivity index (χ3v) is 3.12. The Kier molecular flexibility index (Phi) is 6.02. The fraction of sp³-hybridized carbons (Fsp3) is 0.462. The molecule has 1 unspecified atom stereocenters. The van der Waals surface area contributed by atoms with Gasteiger partial charge < -0.3 is 9.64 Å². The molecule has 0 N–H and O–H groups in total. The van der Waals surface area contributed by atoms with Crippen LogP contribution in [0.25, 0.3) is 0 Å². The zero-order valence-electron chi connectivity index (χ0n) is 10.8. The number of carbonyl (C=O) groups is 1. The summed E-state index contributed by atoms with van der Waals surface area (Å²) in [4.78, 5) is 13.6. The van der Waals surface area contributed by atoms with E-state index in [0.29, 0.717) is 13.1 Å². The van der Waals surface area contributed by atoms with E-state index in [2.05, 4.69) is 4.74 Å². The second-order valence-electron chi connectivity index (χ2n) is 3.79. The number of para-hydroxylation sites is 1. The van der Waals surface area contributed by atoms with E-state index in [1.807, 2.05) is 13.8 Å². The molecule has 106 valence electrons. The van der Waals surface area contributed by atoms with Crippen LogP contribution >= 0.6 is 11.6 Å². The Morgan fingerprint density at radius 1 is 1.32 bits per heavy atom. The van der Waals surface area contributed by atoms with Crippen LogP contribution in [-0.4, -0.2) is 30.5 Å². The second kappa shape index (κ2) is 7.28. The zero-order valence-corrected chi connectivity index (χ0v) is 11.5. The molecule has 1 aromatic carbocycles. The Bertz CT molecular complexity index is 425. The molecular weight excluding hydrogens is 276 g/mol. The molecule has 0 radical (unpaired) electrons. The standard InChI is InChI=1S/C13H16ClF2NO2/c1-3-17(4-2)12(18)11(14)9-7-5-6-8-10(9)19-13(15)16/h5-8,11,13H,3-4H2,1-2H3. The monoisotopic (exact) mass is 291 g/mol. The van der Waals surface area contributed by atoms with Crippen molar-refractivity contribution in [3.63, 3.8) is 0 Å². The lowest BCUT2D eigenvalue weighted by atomic mass is 10.1. The van der Waals surface area contributed by atoms with E-state index in [9.17, 15) is 13.6 Å². The van der Waals surface area contributed by atoms with Gasteiger partial charge >= 0.3 is 6.61 Å². The first-order chi connectivity index (χ1) is 9.01. The van der Waals surface area contributed by atoms with Gasteiger partial charge in [-0.1, -0.05) is 18.2 Å². The third kappa shape index (κ3) is 4.06. The van der Waals surface area contributed by atoms with Gasteiger partial charge in [0.2, 0.25) is 5.91 Å². The Morgan fingerprint density at radius 2 is 1.89 bits per heavy atom. The van der Waals surface area contributed by atoms with Crippen molar-refractivity contribution in [3.8, 4) is 5.75 Å². The number of rotatable bonds is 6. The minimum Gasteiger partial charge on any atom is -0.434 e. The fourth-order valence-electron chi connectivity index (χ4n) is 1.72. The SMILES string of the molecule is CCN(CC)C(=O)C(Cl)c1ccccc1OC(F)F. The first-order valence-corrected chi connectivity index (χ1v) is 6.41. The summed E-state index contributed by atoms with van der Waals surface area (Å²) >= 11 is 6.08. The van der Waals surface area contributed by atoms with E-state index < -0.39 is 12.0 Å². The van der Waals surface area contributed by atoms with Crippen molar-refractivity contribution in [2.24, 2.45) is 0 Å². The van der Waals surface area contributed by atoms with Gasteiger partial charge in [-0.15, -0.1) is 11.6 Å². The molecule has 0 aliphatic rings. The van der Waals surface area contributed by atoms with Gasteiger partial charge in [0.05, 0.1) is 0 Å². The van der Waals surface area contributed by atoms with Crippen LogP contribution in [0.1, 0.15) is 24.8 Å². The molecule has 6 heteroatoms. The topological polar surface area (TPSA) is 29.5 Å². The summed E-state index contributed by atoms with van der Waals surface area (Å²) in [5.41, 5.74) is 0.251. The third-order valence-electron chi connectivity index (χ3n) is 2.70. The maximum Gasteiger partial charge on any atom is 0.387 e. The van der Waals surface area contributed by atoms with Gasteiger partial charge in [-0.05, 0) is 19.9 Å². The molecular formula is C13H16ClF2NO2. The summed E-state index contributed by atoms with van der Waals surface area (Å²) in [6, 6.07) is 6.05. The van der Waals surface area contributed by atoms with Crippen LogP contribution in [0.4, 0.5) is 8.78 Å². The Morgan fingerprint density at radius 3 is 2.42 bits per heavy atom. The summed E-state index contributed by atoms with van der Waals surface area (Å²) in [7, 11) is 0. The van der Waals surface area contributed by atoms with Crippen LogP contribution in [0, 0.1) is 0 Å². The molecule has 0 heterocycles. The highest BCUT2D eigenvalue weighted by molar-refractivity contribution is 6.31. The van der Waals surface area contributed by atoms with Crippen molar-refractivity contribution < 1.29 is 18.3 Å². The van der Waals surface area contributed by atoms with Crippen LogP contribution in [0.15, 0.2) is 24.3 Å². The Balaban J connectivity index is 2.98. The van der Waals surface area contributed by atoms with Crippen molar-refractivity contribution in [2.75, 3.05) is 13.1 Å². The number of carbonyl (C=O) groups excluding carboxylic acids is 1. The van der Waals surface area contributed by atoms with Gasteiger partial charge in [0.1, 0.15) is 11.1 Å². The van der Waals surface area contributed by atoms with Crippen LogP contribution < -0.4 is 4.74 Å². The summed E-state index contributed by atoms with van der Waals surface area (Å²) in [5, 5.41) is -1.03. The smallest absolute Gasteiger partial charge is 0.387 e. The van der Waals surface area contributed by atoms with Crippen LogP contribution in [0.3, 0.4) is 0 Å². The first-order valence-electron chi connectivity index (χ1n) is 5.97. The number of hydrogen-bond donors (Lipinski definition) is 0. The van der Waals surface area contributed by atoms with Crippen LogP contribution in [0.5, 0.6) is 5.75 Å². The van der Waals surface area contributed by atoms with E-state index in [4.69, 9.17) is 11.6 Å². The van der Waals surface area contributed by atoms with Gasteiger partial charge in [0.25, 0.3) is 0 Å². The Hall–Kier alpha value is -1.36. The predicted molar refractivity (Wildman–Crippen MR) is 69.6 cm³/mol. The highest BCUT2D eigenvalue weighted by Gasteiger charge is 2.25. The highest BCUT2D eigenvalue weighted by Crippen LogP contribution is 2.32. The summed E-state index contributed by atoms with van der Waals surface area (Å²) in [6.45, 7) is 1.72. The van der Waals surface area contributed by atoms with E-state index in [1.165, 1.54) is 17.0 Å². The van der Waals surface area contributed by atoms with Crippen molar-refractivity contribution in [2.45, 2.75) is 25.8 Å². The molecule has 0 fully saturated rings. The molecule has 1 atom stereocenters. The molecule has 0 aliphatic carbocycles. The van der Waals surface area contributed by atoms with E-state index in [1.54, 1.807) is 12.1 Å². The van der Waals surface area contributed by atoms with Crippen LogP contribution in [0.2, 0.25) is 0 Å². The average Bonchev–Trinajstić information content (AvgIpc) is 2.39. The molecule has 1 rings (SSSR count). The molecule has 1 aromatic rings. The number of likely N-dealkylation sites (N-methyl/N-ethyl adjacent to an activating group) is 1. The van der Waals surface area contributed by atoms with Crippen molar-refractivity contribution >= 4 is 17.5 Å². The molecule has 0 saturated carbocycles. The maximum atomic E-state index is 12.3. The lowest BCUT2D eigenvalue weighted by Crippen LogP contribution is -2.33. The number of halogens is 3. The van der Waals surface area contributed by atoms with Gasteiger partial charge in [-0.2, -0.15) is 8.78 Å². The van der Waals surface area contributed by atoms with E-state index in [-0.39, 0.29) is 17.2 Å². The number of benzene rings is 1. The molecule has 1 amide bonds. The summed E-state index contributed by atoms with van der Waals surface area (Å²) < 4.78 is 29.0. The predicted octanol–water partition coefficient (Wildman–Crippen LogP) is 3.44. The lowest BCUT2D eigenvalue weighted by Gasteiger charge is -2.23. The van der Waals surface area contributed by atoms with Crippen molar-refractivity contribution in [1.29, 1.82) is 0 Å². The number of amides is 1. The molecule has 0 aliphatic heterocycles. The van der Waals surface area contributed by atoms with E-state index in [0.717, 1.165) is 0 Å². The molecule has 19 heavy (non-hydrogen) atoms. The molecule has 0 spiro atoms. The minimum absolute atomic E-state index is 0.0713. The molecule has 0 bridgehead atoms. The average molecular weight is 292 g/mol. The summed E-state index contributed by atoms with van der Waals surface area (Å²) in [6.07, 6.45) is 0. The molecule has 3 nitrogen and oxygen atoms in total. The zero-order chi connectivity index (χ0) is 14.4. The maximum absolute atomic E-state index is 12.3. The molecule has 0 saturated heterocycles. The van der Waals surface area contributed by atoms with Crippen LogP contribution in [-0.2, 0) is 4.79 Å². The number of nitrogens with zero attached hydrogens (tertiary/aromatic N) is 1. The van der Waals surface area contributed by atoms with Gasteiger partial charge in [0.15, 0.2) is 0 Å². The van der Waals surface area contributed by atoms with Gasteiger partial charge in [0, 0.05) is 18.7 Å². The molecule has 0 aromatic heterocycles. The first kappa shape index (κ1) is 15.7. The normalized spacial score (nSPS) is 12.3. The number of ether oxygens (including phenoxy) is 1. The van der Waals surface area contributed by atoms with E-state index >= 15 is 0 Å². The van der Waals surface area contributed by atoms with Crippen molar-refractivity contribution in [1.82, 2.24) is 4.90 Å². The number of alkyl halides is 3. The quantitative estimate of drug-likeness (QED) is 0.752. The van der Waals surface area contributed by atoms with Gasteiger partial charge in [-0.3, -0.25) is 4.79 Å². The Labute approximate surface area is 116 Å². The highest BCUT2D eigenvalue weighted by atomic mass is 35.5. The second-order valence-corrected chi connectivity index (χ2v) is 4.23.